The second-order valence-electron chi connectivity index (χ2n) is 6.58. The summed E-state index contributed by atoms with van der Waals surface area (Å²) >= 11 is 1.21. The predicted molar refractivity (Wildman–Crippen MR) is 108 cm³/mol. The summed E-state index contributed by atoms with van der Waals surface area (Å²) in [4.78, 5) is 14.6. The van der Waals surface area contributed by atoms with E-state index in [0.717, 1.165) is 5.56 Å². The van der Waals surface area contributed by atoms with Crippen LogP contribution < -0.4 is 5.84 Å². The van der Waals surface area contributed by atoms with Gasteiger partial charge in [0.1, 0.15) is 5.82 Å². The van der Waals surface area contributed by atoms with Crippen molar-refractivity contribution in [3.8, 4) is 11.4 Å². The maximum absolute atomic E-state index is 13.4. The van der Waals surface area contributed by atoms with Gasteiger partial charge in [0.15, 0.2) is 5.82 Å². The lowest BCUT2D eigenvalue weighted by atomic mass is 10.2. The smallest absolute Gasteiger partial charge is 0.233 e. The van der Waals surface area contributed by atoms with E-state index in [-0.39, 0.29) is 23.5 Å². The Morgan fingerprint density at radius 2 is 1.93 bits per heavy atom. The molecule has 1 amide bonds. The minimum atomic E-state index is -0.377. The molecule has 0 unspecified atom stereocenters. The SMILES string of the molecule is CC(C)N(Cc1ccccc1)C(=O)CSc1nnc(-c2cccc(F)c2)n1N. The molecule has 0 aliphatic rings. The van der Waals surface area contributed by atoms with Crippen LogP contribution >= 0.6 is 11.8 Å². The Morgan fingerprint density at radius 1 is 1.18 bits per heavy atom. The molecule has 0 aliphatic heterocycles. The van der Waals surface area contributed by atoms with Crippen molar-refractivity contribution in [2.45, 2.75) is 31.6 Å². The first-order valence-electron chi connectivity index (χ1n) is 8.88. The summed E-state index contributed by atoms with van der Waals surface area (Å²) in [6.07, 6.45) is 0. The van der Waals surface area contributed by atoms with E-state index in [1.54, 1.807) is 12.1 Å². The Hall–Kier alpha value is -2.87. The average Bonchev–Trinajstić information content (AvgIpc) is 3.05. The highest BCUT2D eigenvalue weighted by Gasteiger charge is 2.20. The van der Waals surface area contributed by atoms with Gasteiger partial charge in [0.2, 0.25) is 11.1 Å². The molecule has 0 spiro atoms. The van der Waals surface area contributed by atoms with Crippen LogP contribution in [0.5, 0.6) is 0 Å². The third-order valence-corrected chi connectivity index (χ3v) is 5.14. The van der Waals surface area contributed by atoms with Gasteiger partial charge >= 0.3 is 0 Å². The second-order valence-corrected chi connectivity index (χ2v) is 7.52. The molecular weight excluding hydrogens is 377 g/mol. The Kier molecular flexibility index (Phi) is 6.30. The van der Waals surface area contributed by atoms with Crippen LogP contribution in [0.2, 0.25) is 0 Å². The molecule has 0 radical (unpaired) electrons. The van der Waals surface area contributed by atoms with Crippen LogP contribution in [0.1, 0.15) is 19.4 Å². The van der Waals surface area contributed by atoms with Crippen LogP contribution in [0, 0.1) is 5.82 Å². The molecule has 6 nitrogen and oxygen atoms in total. The number of halogens is 1. The van der Waals surface area contributed by atoms with Crippen LogP contribution in [-0.4, -0.2) is 37.5 Å². The van der Waals surface area contributed by atoms with Crippen molar-refractivity contribution in [2.75, 3.05) is 11.6 Å². The van der Waals surface area contributed by atoms with Gasteiger partial charge in [-0.3, -0.25) is 4.79 Å². The maximum Gasteiger partial charge on any atom is 0.233 e. The Balaban J connectivity index is 1.68. The van der Waals surface area contributed by atoms with Crippen LogP contribution in [-0.2, 0) is 11.3 Å². The molecule has 2 N–H and O–H groups in total. The molecule has 8 heteroatoms. The number of aromatic nitrogens is 3. The highest BCUT2D eigenvalue weighted by Crippen LogP contribution is 2.23. The molecule has 146 valence electrons. The summed E-state index contributed by atoms with van der Waals surface area (Å²) in [6, 6.07) is 15.9. The number of rotatable bonds is 7. The first kappa shape index (κ1) is 19.9. The standard InChI is InChI=1S/C20H22FN5OS/c1-14(2)25(12-15-7-4-3-5-8-15)18(27)13-28-20-24-23-19(26(20)22)16-9-6-10-17(21)11-16/h3-11,14H,12-13,22H2,1-2H3. The van der Waals surface area contributed by atoms with Gasteiger partial charge in [-0.2, -0.15) is 0 Å². The lowest BCUT2D eigenvalue weighted by Gasteiger charge is -2.26. The normalized spacial score (nSPS) is 11.0. The highest BCUT2D eigenvalue weighted by atomic mass is 32.2. The van der Waals surface area contributed by atoms with Crippen molar-refractivity contribution in [1.29, 1.82) is 0 Å². The number of amides is 1. The summed E-state index contributed by atoms with van der Waals surface area (Å²) in [5, 5.41) is 8.47. The molecule has 3 aromatic rings. The monoisotopic (exact) mass is 399 g/mol. The molecule has 1 heterocycles. The van der Waals surface area contributed by atoms with Crippen LogP contribution in [0.3, 0.4) is 0 Å². The van der Waals surface area contributed by atoms with Crippen LogP contribution in [0.15, 0.2) is 59.8 Å². The fourth-order valence-electron chi connectivity index (χ4n) is 2.75. The third-order valence-electron chi connectivity index (χ3n) is 4.21. The number of carbonyl (C=O) groups excluding carboxylic acids is 1. The maximum atomic E-state index is 13.4. The molecule has 0 atom stereocenters. The van der Waals surface area contributed by atoms with Gasteiger partial charge in [-0.1, -0.05) is 54.2 Å². The molecule has 28 heavy (non-hydrogen) atoms. The van der Waals surface area contributed by atoms with Gasteiger partial charge in [0.05, 0.1) is 5.75 Å². The number of nitrogens with zero attached hydrogens (tertiary/aromatic N) is 4. The van der Waals surface area contributed by atoms with Crippen LogP contribution in [0.4, 0.5) is 4.39 Å². The molecule has 1 aromatic heterocycles. The van der Waals surface area contributed by atoms with Crippen molar-refractivity contribution in [2.24, 2.45) is 0 Å². The molecule has 0 saturated heterocycles. The average molecular weight is 399 g/mol. The van der Waals surface area contributed by atoms with E-state index < -0.39 is 0 Å². The second kappa shape index (κ2) is 8.88. The fraction of sp³-hybridized carbons (Fsp3) is 0.250. The molecule has 0 bridgehead atoms. The molecule has 2 aromatic carbocycles. The van der Waals surface area contributed by atoms with Gasteiger partial charge in [0.25, 0.3) is 0 Å². The largest absolute Gasteiger partial charge is 0.335 e. The number of thioether (sulfide) groups is 1. The molecular formula is C20H22FN5OS. The minimum absolute atomic E-state index is 0.0147. The van der Waals surface area contributed by atoms with Crippen molar-refractivity contribution in [3.05, 3.63) is 66.0 Å². The topological polar surface area (TPSA) is 77.0 Å². The Labute approximate surface area is 167 Å². The number of nitrogen functional groups attached to an aromatic ring is 1. The molecule has 0 aliphatic carbocycles. The van der Waals surface area contributed by atoms with E-state index >= 15 is 0 Å². The predicted octanol–water partition coefficient (Wildman–Crippen LogP) is 3.33. The van der Waals surface area contributed by atoms with E-state index in [1.165, 1.54) is 28.6 Å². The zero-order chi connectivity index (χ0) is 20.1. The number of hydrogen-bond donors (Lipinski definition) is 1. The number of hydrogen-bond acceptors (Lipinski definition) is 5. The summed E-state index contributed by atoms with van der Waals surface area (Å²) in [5.41, 5.74) is 1.60. The van der Waals surface area contributed by atoms with Crippen molar-refractivity contribution >= 4 is 17.7 Å². The zero-order valence-electron chi connectivity index (χ0n) is 15.7. The van der Waals surface area contributed by atoms with E-state index in [1.807, 2.05) is 49.1 Å². The number of nitrogens with two attached hydrogens (primary N) is 1. The lowest BCUT2D eigenvalue weighted by Crippen LogP contribution is -2.37. The minimum Gasteiger partial charge on any atom is -0.335 e. The third kappa shape index (κ3) is 4.69. The molecule has 3 rings (SSSR count). The molecule has 0 saturated carbocycles. The van der Waals surface area contributed by atoms with Crippen molar-refractivity contribution < 1.29 is 9.18 Å². The van der Waals surface area contributed by atoms with E-state index in [9.17, 15) is 9.18 Å². The van der Waals surface area contributed by atoms with Gasteiger partial charge in [0, 0.05) is 18.2 Å². The van der Waals surface area contributed by atoms with Crippen molar-refractivity contribution in [1.82, 2.24) is 19.8 Å². The van der Waals surface area contributed by atoms with Crippen molar-refractivity contribution in [3.63, 3.8) is 0 Å². The number of benzene rings is 2. The van der Waals surface area contributed by atoms with Gasteiger partial charge < -0.3 is 10.7 Å². The van der Waals surface area contributed by atoms with E-state index in [2.05, 4.69) is 10.2 Å². The summed E-state index contributed by atoms with van der Waals surface area (Å²) in [6.45, 7) is 4.51. The van der Waals surface area contributed by atoms with Crippen LogP contribution in [0.25, 0.3) is 11.4 Å². The lowest BCUT2D eigenvalue weighted by molar-refractivity contribution is -0.130. The van der Waals surface area contributed by atoms with E-state index in [0.29, 0.717) is 23.1 Å². The molecule has 0 fully saturated rings. The first-order valence-corrected chi connectivity index (χ1v) is 9.87. The van der Waals surface area contributed by atoms with E-state index in [4.69, 9.17) is 5.84 Å². The Morgan fingerprint density at radius 3 is 2.61 bits per heavy atom. The summed E-state index contributed by atoms with van der Waals surface area (Å²) < 4.78 is 14.7. The van der Waals surface area contributed by atoms with Gasteiger partial charge in [-0.05, 0) is 31.5 Å². The highest BCUT2D eigenvalue weighted by molar-refractivity contribution is 7.99. The van der Waals surface area contributed by atoms with Gasteiger partial charge in [-0.15, -0.1) is 10.2 Å². The number of carbonyl (C=O) groups is 1. The fourth-order valence-corrected chi connectivity index (χ4v) is 3.49. The zero-order valence-corrected chi connectivity index (χ0v) is 16.6. The first-order chi connectivity index (χ1) is 13.5. The Bertz CT molecular complexity index is 945. The summed E-state index contributed by atoms with van der Waals surface area (Å²) in [5.74, 6) is 6.19. The summed E-state index contributed by atoms with van der Waals surface area (Å²) in [7, 11) is 0. The quantitative estimate of drug-likeness (QED) is 0.487. The van der Waals surface area contributed by atoms with Gasteiger partial charge in [-0.25, -0.2) is 9.07 Å².